The molecule has 0 aliphatic rings. The van der Waals surface area contributed by atoms with Gasteiger partial charge in [0.25, 0.3) is 0 Å². The van der Waals surface area contributed by atoms with Gasteiger partial charge in [-0.15, -0.1) is 0 Å². The van der Waals surface area contributed by atoms with Crippen LogP contribution < -0.4 is 5.32 Å². The molecule has 1 aromatic carbocycles. The smallest absolute Gasteiger partial charge is 0.322 e. The van der Waals surface area contributed by atoms with Crippen LogP contribution in [0.25, 0.3) is 0 Å². The van der Waals surface area contributed by atoms with E-state index in [9.17, 15) is 4.79 Å². The van der Waals surface area contributed by atoms with Crippen molar-refractivity contribution >= 4 is 11.7 Å². The molecule has 0 aliphatic heterocycles. The number of hydrogen-bond donors (Lipinski definition) is 2. The van der Waals surface area contributed by atoms with Crippen molar-refractivity contribution in [3.63, 3.8) is 0 Å². The Morgan fingerprint density at radius 2 is 1.67 bits per heavy atom. The molecule has 0 aliphatic carbocycles. The van der Waals surface area contributed by atoms with Crippen molar-refractivity contribution in [2.75, 3.05) is 11.9 Å². The summed E-state index contributed by atoms with van der Waals surface area (Å²) in [7, 11) is 0. The zero-order chi connectivity index (χ0) is 11.6. The molecule has 82 valence electrons. The van der Waals surface area contributed by atoms with Crippen LogP contribution in [0.4, 0.5) is 5.69 Å². The summed E-state index contributed by atoms with van der Waals surface area (Å²) in [6, 6.07) is 2.12. The Hall–Kier alpha value is -1.51. The van der Waals surface area contributed by atoms with Gasteiger partial charge in [0.05, 0.1) is 0 Å². The third-order valence-electron chi connectivity index (χ3n) is 2.78. The predicted octanol–water partition coefficient (Wildman–Crippen LogP) is 2.42. The van der Waals surface area contributed by atoms with Crippen LogP contribution in [0.5, 0.6) is 0 Å². The Morgan fingerprint density at radius 1 is 1.20 bits per heavy atom. The lowest BCUT2D eigenvalue weighted by Crippen LogP contribution is -2.14. The first-order valence-electron chi connectivity index (χ1n) is 4.96. The maximum atomic E-state index is 10.5. The Bertz CT molecular complexity index is 371. The summed E-state index contributed by atoms with van der Waals surface area (Å²) >= 11 is 0. The third kappa shape index (κ3) is 2.49. The topological polar surface area (TPSA) is 49.3 Å². The average Bonchev–Trinajstić information content (AvgIpc) is 2.14. The highest BCUT2D eigenvalue weighted by Gasteiger charge is 2.08. The second kappa shape index (κ2) is 4.34. The number of carboxylic acid groups (broad SMARTS) is 1. The number of hydrogen-bond acceptors (Lipinski definition) is 2. The summed E-state index contributed by atoms with van der Waals surface area (Å²) in [4.78, 5) is 10.5. The fourth-order valence-electron chi connectivity index (χ4n) is 1.65. The summed E-state index contributed by atoms with van der Waals surface area (Å²) < 4.78 is 0. The molecule has 0 bridgehead atoms. The molecule has 1 rings (SSSR count). The molecule has 0 aromatic heterocycles. The summed E-state index contributed by atoms with van der Waals surface area (Å²) in [5.74, 6) is -0.840. The first-order chi connectivity index (χ1) is 6.93. The zero-order valence-corrected chi connectivity index (χ0v) is 9.64. The fourth-order valence-corrected chi connectivity index (χ4v) is 1.65. The summed E-state index contributed by atoms with van der Waals surface area (Å²) in [5.41, 5.74) is 5.57. The van der Waals surface area contributed by atoms with E-state index in [0.29, 0.717) is 0 Å². The van der Waals surface area contributed by atoms with Crippen LogP contribution in [-0.2, 0) is 4.79 Å². The van der Waals surface area contributed by atoms with Crippen LogP contribution in [0.1, 0.15) is 22.3 Å². The van der Waals surface area contributed by atoms with Crippen molar-refractivity contribution in [1.29, 1.82) is 0 Å². The lowest BCUT2D eigenvalue weighted by atomic mass is 9.99. The van der Waals surface area contributed by atoms with Crippen molar-refractivity contribution < 1.29 is 9.90 Å². The van der Waals surface area contributed by atoms with Crippen LogP contribution in [0.3, 0.4) is 0 Å². The molecule has 1 aromatic rings. The second-order valence-electron chi connectivity index (χ2n) is 3.88. The number of aliphatic carboxylic acids is 1. The highest BCUT2D eigenvalue weighted by Crippen LogP contribution is 2.26. The first kappa shape index (κ1) is 11.6. The van der Waals surface area contributed by atoms with Gasteiger partial charge in [-0.25, -0.2) is 0 Å². The minimum Gasteiger partial charge on any atom is -0.480 e. The van der Waals surface area contributed by atoms with E-state index >= 15 is 0 Å². The largest absolute Gasteiger partial charge is 0.480 e. The summed E-state index contributed by atoms with van der Waals surface area (Å²) in [6.45, 7) is 8.05. The lowest BCUT2D eigenvalue weighted by molar-refractivity contribution is -0.134. The van der Waals surface area contributed by atoms with Gasteiger partial charge in [-0.3, -0.25) is 4.79 Å². The molecule has 0 atom stereocenters. The van der Waals surface area contributed by atoms with E-state index < -0.39 is 5.97 Å². The molecule has 0 saturated carbocycles. The molecule has 0 saturated heterocycles. The third-order valence-corrected chi connectivity index (χ3v) is 2.78. The molecule has 2 N–H and O–H groups in total. The molecule has 15 heavy (non-hydrogen) atoms. The van der Waals surface area contributed by atoms with Gasteiger partial charge in [0.1, 0.15) is 6.54 Å². The Morgan fingerprint density at radius 3 is 2.07 bits per heavy atom. The highest BCUT2D eigenvalue weighted by molar-refractivity contribution is 5.74. The molecule has 0 radical (unpaired) electrons. The van der Waals surface area contributed by atoms with Gasteiger partial charge < -0.3 is 10.4 Å². The van der Waals surface area contributed by atoms with Gasteiger partial charge in [-0.05, 0) is 49.9 Å². The monoisotopic (exact) mass is 207 g/mol. The van der Waals surface area contributed by atoms with Gasteiger partial charge in [0, 0.05) is 5.69 Å². The lowest BCUT2D eigenvalue weighted by Gasteiger charge is -2.15. The van der Waals surface area contributed by atoms with Crippen molar-refractivity contribution in [1.82, 2.24) is 0 Å². The first-order valence-corrected chi connectivity index (χ1v) is 4.96. The van der Waals surface area contributed by atoms with Crippen LogP contribution in [-0.4, -0.2) is 17.6 Å². The zero-order valence-electron chi connectivity index (χ0n) is 9.64. The highest BCUT2D eigenvalue weighted by atomic mass is 16.4. The van der Waals surface area contributed by atoms with E-state index in [1.807, 2.05) is 27.7 Å². The number of benzene rings is 1. The summed E-state index contributed by atoms with van der Waals surface area (Å²) in [6.07, 6.45) is 0. The molecule has 0 unspecified atom stereocenters. The standard InChI is InChI=1S/C12H17NO2/c1-7-5-8(2)10(4)12(9(7)3)13-6-11(14)15/h5,13H,6H2,1-4H3,(H,14,15). The van der Waals surface area contributed by atoms with Crippen molar-refractivity contribution in [3.05, 3.63) is 28.3 Å². The van der Waals surface area contributed by atoms with Crippen LogP contribution in [0, 0.1) is 27.7 Å². The maximum Gasteiger partial charge on any atom is 0.322 e. The minimum atomic E-state index is -0.840. The van der Waals surface area contributed by atoms with E-state index in [0.717, 1.165) is 16.8 Å². The van der Waals surface area contributed by atoms with Gasteiger partial charge in [-0.1, -0.05) is 6.07 Å². The van der Waals surface area contributed by atoms with Gasteiger partial charge in [-0.2, -0.15) is 0 Å². The van der Waals surface area contributed by atoms with E-state index in [-0.39, 0.29) is 6.54 Å². The SMILES string of the molecule is Cc1cc(C)c(C)c(NCC(=O)O)c1C. The summed E-state index contributed by atoms with van der Waals surface area (Å²) in [5, 5.41) is 11.6. The van der Waals surface area contributed by atoms with Crippen molar-refractivity contribution in [2.24, 2.45) is 0 Å². The molecule has 0 heterocycles. The minimum absolute atomic E-state index is 0.0371. The quantitative estimate of drug-likeness (QED) is 0.800. The Labute approximate surface area is 90.1 Å². The van der Waals surface area contributed by atoms with E-state index in [1.54, 1.807) is 0 Å². The number of carboxylic acids is 1. The predicted molar refractivity (Wildman–Crippen MR) is 61.5 cm³/mol. The number of carbonyl (C=O) groups is 1. The molecule has 0 spiro atoms. The maximum absolute atomic E-state index is 10.5. The van der Waals surface area contributed by atoms with Crippen LogP contribution in [0.15, 0.2) is 6.07 Å². The number of nitrogens with one attached hydrogen (secondary N) is 1. The second-order valence-corrected chi connectivity index (χ2v) is 3.88. The molecule has 0 amide bonds. The molecule has 0 fully saturated rings. The van der Waals surface area contributed by atoms with E-state index in [1.165, 1.54) is 11.1 Å². The molecular weight excluding hydrogens is 190 g/mol. The van der Waals surface area contributed by atoms with Gasteiger partial charge >= 0.3 is 5.97 Å². The van der Waals surface area contributed by atoms with Crippen LogP contribution in [0.2, 0.25) is 0 Å². The van der Waals surface area contributed by atoms with Crippen molar-refractivity contribution in [3.8, 4) is 0 Å². The Balaban J connectivity index is 3.09. The van der Waals surface area contributed by atoms with Crippen molar-refractivity contribution in [2.45, 2.75) is 27.7 Å². The normalized spacial score (nSPS) is 10.1. The fraction of sp³-hybridized carbons (Fsp3) is 0.417. The number of rotatable bonds is 3. The molecular formula is C12H17NO2. The average molecular weight is 207 g/mol. The Kier molecular flexibility index (Phi) is 3.35. The van der Waals surface area contributed by atoms with Gasteiger partial charge in [0.15, 0.2) is 0 Å². The van der Waals surface area contributed by atoms with Gasteiger partial charge in [0.2, 0.25) is 0 Å². The van der Waals surface area contributed by atoms with E-state index in [4.69, 9.17) is 5.11 Å². The number of anilines is 1. The van der Waals surface area contributed by atoms with Crippen LogP contribution >= 0.6 is 0 Å². The molecule has 3 heteroatoms. The van der Waals surface area contributed by atoms with E-state index in [2.05, 4.69) is 11.4 Å². The molecule has 3 nitrogen and oxygen atoms in total. The number of aryl methyl sites for hydroxylation is 2.